The normalized spacial score (nSPS) is 10.8. The number of carbonyl (C=O) groups is 1. The zero-order valence-corrected chi connectivity index (χ0v) is 15.6. The Morgan fingerprint density at radius 1 is 1.32 bits per heavy atom. The highest BCUT2D eigenvalue weighted by Gasteiger charge is 2.12. The molecule has 1 amide bonds. The van der Waals surface area contributed by atoms with Gasteiger partial charge in [-0.1, -0.05) is 31.3 Å². The molecule has 3 rings (SSSR count). The van der Waals surface area contributed by atoms with Crippen LogP contribution in [0.1, 0.15) is 34.9 Å². The molecule has 3 aromatic rings. The second kappa shape index (κ2) is 8.17. The summed E-state index contributed by atoms with van der Waals surface area (Å²) in [6.45, 7) is 4.62. The number of anilines is 1. The Kier molecular flexibility index (Phi) is 5.72. The molecule has 0 aliphatic rings. The summed E-state index contributed by atoms with van der Waals surface area (Å²) in [6.07, 6.45) is 0.855. The summed E-state index contributed by atoms with van der Waals surface area (Å²) in [4.78, 5) is 16.6. The van der Waals surface area contributed by atoms with E-state index in [1.54, 1.807) is 23.7 Å². The highest BCUT2D eigenvalue weighted by atomic mass is 32.1. The number of nitrogens with zero attached hydrogens (tertiary/aromatic N) is 3. The molecule has 0 bridgehead atoms. The molecule has 1 aromatic carbocycles. The third kappa shape index (κ3) is 5.07. The molecule has 0 radical (unpaired) electrons. The van der Waals surface area contributed by atoms with E-state index in [1.165, 1.54) is 22.7 Å². The first-order valence-electron chi connectivity index (χ1n) is 7.84. The molecule has 0 aliphatic carbocycles. The highest BCUT2D eigenvalue weighted by Crippen LogP contribution is 2.20. The standard InChI is InChI=1S/C17H18N4O2S2/c1-11(2)6-15-20-21-17(25-15)19-16(22)12-4-3-5-14(7-12)23-8-13-9-24-10-18-13/h3-5,7,9-11H,6,8H2,1-2H3,(H,19,21,22). The average molecular weight is 374 g/mol. The van der Waals surface area contributed by atoms with Crippen molar-refractivity contribution in [3.8, 4) is 5.75 Å². The Hall–Kier alpha value is -2.32. The molecule has 0 aliphatic heterocycles. The fourth-order valence-electron chi connectivity index (χ4n) is 2.10. The van der Waals surface area contributed by atoms with Gasteiger partial charge in [-0.15, -0.1) is 21.5 Å². The van der Waals surface area contributed by atoms with Gasteiger partial charge >= 0.3 is 0 Å². The van der Waals surface area contributed by atoms with Crippen LogP contribution in [0.4, 0.5) is 5.13 Å². The van der Waals surface area contributed by atoms with Crippen LogP contribution in [-0.2, 0) is 13.0 Å². The van der Waals surface area contributed by atoms with Gasteiger partial charge in [0.2, 0.25) is 5.13 Å². The van der Waals surface area contributed by atoms with Crippen molar-refractivity contribution in [1.29, 1.82) is 0 Å². The van der Waals surface area contributed by atoms with Crippen LogP contribution in [0.15, 0.2) is 35.2 Å². The fraction of sp³-hybridized carbons (Fsp3) is 0.294. The largest absolute Gasteiger partial charge is 0.487 e. The minimum Gasteiger partial charge on any atom is -0.487 e. The molecule has 0 saturated carbocycles. The smallest absolute Gasteiger partial charge is 0.257 e. The Labute approximate surface area is 153 Å². The average Bonchev–Trinajstić information content (AvgIpc) is 3.25. The van der Waals surface area contributed by atoms with Crippen molar-refractivity contribution < 1.29 is 9.53 Å². The topological polar surface area (TPSA) is 77.0 Å². The van der Waals surface area contributed by atoms with Gasteiger partial charge in [0, 0.05) is 17.4 Å². The van der Waals surface area contributed by atoms with Gasteiger partial charge in [-0.05, 0) is 24.1 Å². The molecule has 2 aromatic heterocycles. The van der Waals surface area contributed by atoms with Gasteiger partial charge in [0.15, 0.2) is 0 Å². The maximum atomic E-state index is 12.4. The summed E-state index contributed by atoms with van der Waals surface area (Å²) in [5.41, 5.74) is 3.14. The minimum atomic E-state index is -0.230. The van der Waals surface area contributed by atoms with Crippen molar-refractivity contribution in [3.05, 3.63) is 51.4 Å². The Bertz CT molecular complexity index is 831. The van der Waals surface area contributed by atoms with Crippen molar-refractivity contribution in [3.63, 3.8) is 0 Å². The number of nitrogens with one attached hydrogen (secondary N) is 1. The lowest BCUT2D eigenvalue weighted by molar-refractivity contribution is 0.102. The van der Waals surface area contributed by atoms with Crippen LogP contribution in [-0.4, -0.2) is 21.1 Å². The van der Waals surface area contributed by atoms with Crippen molar-refractivity contribution in [2.24, 2.45) is 5.92 Å². The van der Waals surface area contributed by atoms with Gasteiger partial charge in [0.05, 0.1) is 11.2 Å². The lowest BCUT2D eigenvalue weighted by Gasteiger charge is -2.06. The molecule has 0 spiro atoms. The van der Waals surface area contributed by atoms with E-state index in [2.05, 4.69) is 34.3 Å². The highest BCUT2D eigenvalue weighted by molar-refractivity contribution is 7.15. The maximum Gasteiger partial charge on any atom is 0.257 e. The number of aromatic nitrogens is 3. The lowest BCUT2D eigenvalue weighted by Crippen LogP contribution is -2.11. The number of thiazole rings is 1. The van der Waals surface area contributed by atoms with Crippen LogP contribution in [0, 0.1) is 5.92 Å². The van der Waals surface area contributed by atoms with E-state index in [-0.39, 0.29) is 5.91 Å². The summed E-state index contributed by atoms with van der Waals surface area (Å²) in [5.74, 6) is 0.896. The molecule has 0 atom stereocenters. The van der Waals surface area contributed by atoms with Gasteiger partial charge in [-0.25, -0.2) is 4.98 Å². The summed E-state index contributed by atoms with van der Waals surface area (Å²) in [5, 5.41) is 14.3. The number of hydrogen-bond acceptors (Lipinski definition) is 7. The van der Waals surface area contributed by atoms with Crippen LogP contribution in [0.25, 0.3) is 0 Å². The van der Waals surface area contributed by atoms with E-state index < -0.39 is 0 Å². The summed E-state index contributed by atoms with van der Waals surface area (Å²) in [6, 6.07) is 7.04. The van der Waals surface area contributed by atoms with Crippen molar-refractivity contribution in [2.45, 2.75) is 26.9 Å². The van der Waals surface area contributed by atoms with Crippen LogP contribution < -0.4 is 10.1 Å². The Balaban J connectivity index is 1.61. The summed E-state index contributed by atoms with van der Waals surface area (Å²) < 4.78 is 5.68. The van der Waals surface area contributed by atoms with Gasteiger partial charge < -0.3 is 4.74 Å². The van der Waals surface area contributed by atoms with E-state index in [0.717, 1.165) is 17.1 Å². The number of hydrogen-bond donors (Lipinski definition) is 1. The molecular weight excluding hydrogens is 356 g/mol. The lowest BCUT2D eigenvalue weighted by atomic mass is 10.1. The number of benzene rings is 1. The van der Waals surface area contributed by atoms with Gasteiger partial charge in [0.25, 0.3) is 5.91 Å². The predicted octanol–water partition coefficient (Wildman–Crippen LogP) is 4.02. The maximum absolute atomic E-state index is 12.4. The molecule has 0 unspecified atom stereocenters. The first kappa shape index (κ1) is 17.5. The fourth-order valence-corrected chi connectivity index (χ4v) is 3.59. The van der Waals surface area contributed by atoms with Crippen molar-refractivity contribution in [2.75, 3.05) is 5.32 Å². The van der Waals surface area contributed by atoms with E-state index in [4.69, 9.17) is 4.74 Å². The molecule has 2 heterocycles. The molecule has 130 valence electrons. The summed E-state index contributed by atoms with van der Waals surface area (Å²) in [7, 11) is 0. The molecule has 1 N–H and O–H groups in total. The first-order valence-corrected chi connectivity index (χ1v) is 9.59. The number of ether oxygens (including phenoxy) is 1. The van der Waals surface area contributed by atoms with E-state index >= 15 is 0 Å². The number of amides is 1. The molecule has 6 nitrogen and oxygen atoms in total. The van der Waals surface area contributed by atoms with Crippen LogP contribution in [0.5, 0.6) is 5.75 Å². The SMILES string of the molecule is CC(C)Cc1nnc(NC(=O)c2cccc(OCc3cscn3)c2)s1. The van der Waals surface area contributed by atoms with E-state index in [0.29, 0.717) is 29.0 Å². The molecule has 0 saturated heterocycles. The summed E-state index contributed by atoms with van der Waals surface area (Å²) >= 11 is 2.93. The minimum absolute atomic E-state index is 0.230. The number of rotatable bonds is 7. The molecule has 8 heteroatoms. The van der Waals surface area contributed by atoms with E-state index in [1.807, 2.05) is 11.4 Å². The molecule has 25 heavy (non-hydrogen) atoms. The second-order valence-corrected chi connectivity index (χ2v) is 7.63. The zero-order valence-electron chi connectivity index (χ0n) is 13.9. The third-order valence-electron chi connectivity index (χ3n) is 3.24. The first-order chi connectivity index (χ1) is 12.1. The second-order valence-electron chi connectivity index (χ2n) is 5.85. The van der Waals surface area contributed by atoms with Crippen molar-refractivity contribution >= 4 is 33.7 Å². The quantitative estimate of drug-likeness (QED) is 0.676. The van der Waals surface area contributed by atoms with Crippen LogP contribution in [0.2, 0.25) is 0 Å². The van der Waals surface area contributed by atoms with Crippen LogP contribution in [0.3, 0.4) is 0 Å². The van der Waals surface area contributed by atoms with Crippen LogP contribution >= 0.6 is 22.7 Å². The molecular formula is C17H18N4O2S2. The van der Waals surface area contributed by atoms with Gasteiger partial charge in [-0.2, -0.15) is 0 Å². The Morgan fingerprint density at radius 3 is 2.96 bits per heavy atom. The van der Waals surface area contributed by atoms with Gasteiger partial charge in [0.1, 0.15) is 17.4 Å². The number of carbonyl (C=O) groups excluding carboxylic acids is 1. The zero-order chi connectivity index (χ0) is 17.6. The van der Waals surface area contributed by atoms with E-state index in [9.17, 15) is 4.79 Å². The monoisotopic (exact) mass is 374 g/mol. The Morgan fingerprint density at radius 2 is 2.20 bits per heavy atom. The van der Waals surface area contributed by atoms with Gasteiger partial charge in [-0.3, -0.25) is 10.1 Å². The predicted molar refractivity (Wildman–Crippen MR) is 99.3 cm³/mol. The third-order valence-corrected chi connectivity index (χ3v) is 4.73. The van der Waals surface area contributed by atoms with Crippen molar-refractivity contribution in [1.82, 2.24) is 15.2 Å². The molecule has 0 fully saturated rings.